The second-order valence-electron chi connectivity index (χ2n) is 6.48. The summed E-state index contributed by atoms with van der Waals surface area (Å²) >= 11 is 0. The minimum atomic E-state index is -0.219. The van der Waals surface area contributed by atoms with E-state index in [4.69, 9.17) is 0 Å². The highest BCUT2D eigenvalue weighted by atomic mass is 19.1. The third-order valence-corrected chi connectivity index (χ3v) is 4.60. The van der Waals surface area contributed by atoms with Gasteiger partial charge in [-0.3, -0.25) is 9.48 Å². The van der Waals surface area contributed by atoms with Crippen molar-refractivity contribution in [3.05, 3.63) is 47.0 Å². The topological polar surface area (TPSA) is 50.2 Å². The highest BCUT2D eigenvalue weighted by molar-refractivity contribution is 5.92. The maximum atomic E-state index is 13.3. The Kier molecular flexibility index (Phi) is 4.55. The average molecular weight is 330 g/mol. The van der Waals surface area contributed by atoms with Crippen molar-refractivity contribution < 1.29 is 9.18 Å². The summed E-state index contributed by atoms with van der Waals surface area (Å²) in [6.07, 6.45) is 1.93. The van der Waals surface area contributed by atoms with Crippen LogP contribution in [0.25, 0.3) is 0 Å². The molecule has 1 aliphatic rings. The maximum absolute atomic E-state index is 13.3. The average Bonchev–Trinajstić information content (AvgIpc) is 2.87. The van der Waals surface area contributed by atoms with Gasteiger partial charge in [-0.1, -0.05) is 0 Å². The third-order valence-electron chi connectivity index (χ3n) is 4.60. The molecule has 2 heterocycles. The van der Waals surface area contributed by atoms with Crippen molar-refractivity contribution in [1.82, 2.24) is 15.1 Å². The summed E-state index contributed by atoms with van der Waals surface area (Å²) < 4.78 is 15.0. The van der Waals surface area contributed by atoms with Gasteiger partial charge in [0.15, 0.2) is 0 Å². The summed E-state index contributed by atoms with van der Waals surface area (Å²) in [6.45, 7) is 5.48. The molecule has 0 unspecified atom stereocenters. The number of nitrogens with one attached hydrogen (secondary N) is 1. The van der Waals surface area contributed by atoms with Crippen molar-refractivity contribution in [1.29, 1.82) is 0 Å². The molecule has 6 heteroatoms. The Bertz CT molecular complexity index is 736. The van der Waals surface area contributed by atoms with Gasteiger partial charge in [0.1, 0.15) is 11.5 Å². The summed E-state index contributed by atoms with van der Waals surface area (Å²) in [5, 5.41) is 7.30. The van der Waals surface area contributed by atoms with Gasteiger partial charge in [-0.05, 0) is 56.5 Å². The minimum absolute atomic E-state index is 0.0676. The summed E-state index contributed by atoms with van der Waals surface area (Å²) in [4.78, 5) is 14.6. The molecule has 0 radical (unpaired) electrons. The number of nitrogens with zero attached hydrogens (tertiary/aromatic N) is 3. The standard InChI is InChI=1S/C18H23FN4O/c1-12-9-14(19)6-7-17(12)23-8-4-5-15(11-23)20-18(24)16-10-13(2)22(3)21-16/h6-7,9-10,15H,4-5,8,11H2,1-3H3,(H,20,24)/t15-/m0/s1. The predicted molar refractivity (Wildman–Crippen MR) is 91.8 cm³/mol. The number of piperidine rings is 1. The van der Waals surface area contributed by atoms with Crippen LogP contribution in [0.4, 0.5) is 10.1 Å². The smallest absolute Gasteiger partial charge is 0.272 e. The number of anilines is 1. The first kappa shape index (κ1) is 16.5. The van der Waals surface area contributed by atoms with Crippen molar-refractivity contribution >= 4 is 11.6 Å². The molecule has 1 amide bonds. The zero-order valence-electron chi connectivity index (χ0n) is 14.3. The van der Waals surface area contributed by atoms with Crippen LogP contribution in [0.3, 0.4) is 0 Å². The second-order valence-corrected chi connectivity index (χ2v) is 6.48. The minimum Gasteiger partial charge on any atom is -0.369 e. The first-order valence-electron chi connectivity index (χ1n) is 8.26. The fourth-order valence-electron chi connectivity index (χ4n) is 3.22. The lowest BCUT2D eigenvalue weighted by molar-refractivity contribution is 0.0927. The van der Waals surface area contributed by atoms with Gasteiger partial charge in [0.05, 0.1) is 0 Å². The quantitative estimate of drug-likeness (QED) is 0.941. The SMILES string of the molecule is Cc1cc(F)ccc1N1CCC[C@H](NC(=O)c2cc(C)n(C)n2)C1. The van der Waals surface area contributed by atoms with Gasteiger partial charge >= 0.3 is 0 Å². The molecule has 0 spiro atoms. The highest BCUT2D eigenvalue weighted by Crippen LogP contribution is 2.24. The van der Waals surface area contributed by atoms with Crippen LogP contribution < -0.4 is 10.2 Å². The number of rotatable bonds is 3. The highest BCUT2D eigenvalue weighted by Gasteiger charge is 2.24. The van der Waals surface area contributed by atoms with E-state index in [2.05, 4.69) is 15.3 Å². The Morgan fingerprint density at radius 3 is 2.79 bits per heavy atom. The molecule has 0 aliphatic carbocycles. The Labute approximate surface area is 141 Å². The molecule has 1 saturated heterocycles. The first-order valence-corrected chi connectivity index (χ1v) is 8.26. The molecule has 1 aromatic carbocycles. The zero-order valence-corrected chi connectivity index (χ0v) is 14.3. The van der Waals surface area contributed by atoms with E-state index in [1.807, 2.05) is 27.0 Å². The lowest BCUT2D eigenvalue weighted by atomic mass is 10.0. The second kappa shape index (κ2) is 6.63. The molecule has 1 aliphatic heterocycles. The van der Waals surface area contributed by atoms with E-state index in [1.165, 1.54) is 6.07 Å². The predicted octanol–water partition coefficient (Wildman–Crippen LogP) is 2.57. The Morgan fingerprint density at radius 1 is 1.33 bits per heavy atom. The number of hydrogen-bond donors (Lipinski definition) is 1. The van der Waals surface area contributed by atoms with Crippen LogP contribution in [0.1, 0.15) is 34.6 Å². The Balaban J connectivity index is 1.68. The summed E-state index contributed by atoms with van der Waals surface area (Å²) in [7, 11) is 1.83. The first-order chi connectivity index (χ1) is 11.4. The Morgan fingerprint density at radius 2 is 2.12 bits per heavy atom. The number of aryl methyl sites for hydroxylation is 3. The van der Waals surface area contributed by atoms with Crippen LogP contribution >= 0.6 is 0 Å². The van der Waals surface area contributed by atoms with E-state index in [1.54, 1.807) is 16.8 Å². The van der Waals surface area contributed by atoms with E-state index >= 15 is 0 Å². The van der Waals surface area contributed by atoms with E-state index in [-0.39, 0.29) is 17.8 Å². The number of carbonyl (C=O) groups excluding carboxylic acids is 1. The van der Waals surface area contributed by atoms with Crippen LogP contribution in [-0.2, 0) is 7.05 Å². The van der Waals surface area contributed by atoms with E-state index in [0.29, 0.717) is 5.69 Å². The van der Waals surface area contributed by atoms with Gasteiger partial charge in [0, 0.05) is 37.6 Å². The molecule has 0 saturated carbocycles. The molecular formula is C18H23FN4O. The maximum Gasteiger partial charge on any atom is 0.272 e. The van der Waals surface area contributed by atoms with Crippen LogP contribution in [0.15, 0.2) is 24.3 Å². The van der Waals surface area contributed by atoms with E-state index in [9.17, 15) is 9.18 Å². The van der Waals surface area contributed by atoms with Crippen LogP contribution in [0.2, 0.25) is 0 Å². The molecule has 2 aromatic rings. The largest absolute Gasteiger partial charge is 0.369 e. The fraction of sp³-hybridized carbons (Fsp3) is 0.444. The third kappa shape index (κ3) is 3.42. The van der Waals surface area contributed by atoms with Gasteiger partial charge < -0.3 is 10.2 Å². The van der Waals surface area contributed by atoms with Crippen molar-refractivity contribution in [2.24, 2.45) is 7.05 Å². The van der Waals surface area contributed by atoms with Crippen LogP contribution in [-0.4, -0.2) is 34.8 Å². The summed E-state index contributed by atoms with van der Waals surface area (Å²) in [6, 6.07) is 6.71. The van der Waals surface area contributed by atoms with Gasteiger partial charge in [-0.2, -0.15) is 5.10 Å². The molecule has 5 nitrogen and oxygen atoms in total. The molecule has 3 rings (SSSR count). The number of carbonyl (C=O) groups is 1. The lowest BCUT2D eigenvalue weighted by Crippen LogP contribution is -2.48. The van der Waals surface area contributed by atoms with Crippen molar-refractivity contribution in [2.45, 2.75) is 32.7 Å². The van der Waals surface area contributed by atoms with E-state index < -0.39 is 0 Å². The van der Waals surface area contributed by atoms with Gasteiger partial charge in [0.2, 0.25) is 0 Å². The van der Waals surface area contributed by atoms with Gasteiger partial charge in [0.25, 0.3) is 5.91 Å². The number of hydrogen-bond acceptors (Lipinski definition) is 3. The molecule has 1 fully saturated rings. The molecular weight excluding hydrogens is 307 g/mol. The monoisotopic (exact) mass is 330 g/mol. The van der Waals surface area contributed by atoms with Crippen molar-refractivity contribution in [3.8, 4) is 0 Å². The molecule has 0 bridgehead atoms. The number of benzene rings is 1. The van der Waals surface area contributed by atoms with Crippen molar-refractivity contribution in [2.75, 3.05) is 18.0 Å². The number of aromatic nitrogens is 2. The van der Waals surface area contributed by atoms with E-state index in [0.717, 1.165) is 42.9 Å². The summed E-state index contributed by atoms with van der Waals surface area (Å²) in [5.74, 6) is -0.356. The van der Waals surface area contributed by atoms with Crippen LogP contribution in [0, 0.1) is 19.7 Å². The Hall–Kier alpha value is -2.37. The fourth-order valence-corrected chi connectivity index (χ4v) is 3.22. The molecule has 1 N–H and O–H groups in total. The zero-order chi connectivity index (χ0) is 17.3. The normalized spacial score (nSPS) is 17.8. The molecule has 1 atom stereocenters. The summed E-state index contributed by atoms with van der Waals surface area (Å²) in [5.41, 5.74) is 3.35. The van der Waals surface area contributed by atoms with Crippen molar-refractivity contribution in [3.63, 3.8) is 0 Å². The molecule has 24 heavy (non-hydrogen) atoms. The molecule has 128 valence electrons. The lowest BCUT2D eigenvalue weighted by Gasteiger charge is -2.35. The van der Waals surface area contributed by atoms with Gasteiger partial charge in [-0.25, -0.2) is 4.39 Å². The number of amides is 1. The van der Waals surface area contributed by atoms with Gasteiger partial charge in [-0.15, -0.1) is 0 Å². The number of halogens is 1. The molecule has 1 aromatic heterocycles. The van der Waals surface area contributed by atoms with Crippen LogP contribution in [0.5, 0.6) is 0 Å².